The van der Waals surface area contributed by atoms with Gasteiger partial charge in [0.1, 0.15) is 10.0 Å². The fourth-order valence-corrected chi connectivity index (χ4v) is 2.72. The Kier molecular flexibility index (Phi) is 4.44. The average molecular weight is 261 g/mol. The normalized spacial score (nSPS) is 10.8. The summed E-state index contributed by atoms with van der Waals surface area (Å²) in [5.41, 5.74) is 3.73. The van der Waals surface area contributed by atoms with Crippen molar-refractivity contribution in [3.63, 3.8) is 0 Å². The highest BCUT2D eigenvalue weighted by Gasteiger charge is 2.09. The Labute approximate surface area is 112 Å². The lowest BCUT2D eigenvalue weighted by atomic mass is 10.1. The molecule has 0 radical (unpaired) electrons. The molecule has 0 saturated heterocycles. The summed E-state index contributed by atoms with van der Waals surface area (Å²) < 4.78 is 0. The van der Waals surface area contributed by atoms with Crippen LogP contribution in [-0.4, -0.2) is 23.3 Å². The van der Waals surface area contributed by atoms with Gasteiger partial charge in [-0.2, -0.15) is 0 Å². The average Bonchev–Trinajstić information content (AvgIpc) is 2.81. The van der Waals surface area contributed by atoms with E-state index in [0.717, 1.165) is 29.5 Å². The van der Waals surface area contributed by atoms with Gasteiger partial charge in [0.05, 0.1) is 0 Å². The maximum absolute atomic E-state index is 4.31. The zero-order valence-corrected chi connectivity index (χ0v) is 12.0. The molecule has 1 aromatic carbocycles. The van der Waals surface area contributed by atoms with Crippen molar-refractivity contribution in [1.29, 1.82) is 0 Å². The molecule has 96 valence electrons. The third kappa shape index (κ3) is 3.15. The van der Waals surface area contributed by atoms with E-state index in [9.17, 15) is 0 Å². The predicted octanol–water partition coefficient (Wildman–Crippen LogP) is 2.97. The summed E-state index contributed by atoms with van der Waals surface area (Å²) in [7, 11) is 0. The number of nitrogens with zero attached hydrogens (tertiary/aromatic N) is 2. The van der Waals surface area contributed by atoms with Crippen LogP contribution in [0.3, 0.4) is 0 Å². The van der Waals surface area contributed by atoms with Crippen LogP contribution in [0.2, 0.25) is 0 Å². The molecule has 0 fully saturated rings. The molecular weight excluding hydrogens is 242 g/mol. The molecule has 0 bridgehead atoms. The quantitative estimate of drug-likeness (QED) is 0.841. The largest absolute Gasteiger partial charge is 0.317 e. The molecule has 0 spiro atoms. The van der Waals surface area contributed by atoms with E-state index >= 15 is 0 Å². The highest BCUT2D eigenvalue weighted by molar-refractivity contribution is 7.14. The summed E-state index contributed by atoms with van der Waals surface area (Å²) in [6.07, 6.45) is 0.955. The Bertz CT molecular complexity index is 520. The smallest absolute Gasteiger partial charge is 0.148 e. The molecule has 0 saturated carbocycles. The van der Waals surface area contributed by atoms with Crippen LogP contribution >= 0.6 is 11.3 Å². The van der Waals surface area contributed by atoms with E-state index in [-0.39, 0.29) is 0 Å². The van der Waals surface area contributed by atoms with Gasteiger partial charge in [0.15, 0.2) is 0 Å². The van der Waals surface area contributed by atoms with Crippen molar-refractivity contribution in [3.8, 4) is 10.6 Å². The highest BCUT2D eigenvalue weighted by atomic mass is 32.1. The summed E-state index contributed by atoms with van der Waals surface area (Å²) in [4.78, 5) is 0. The topological polar surface area (TPSA) is 37.8 Å². The van der Waals surface area contributed by atoms with E-state index in [2.05, 4.69) is 54.5 Å². The van der Waals surface area contributed by atoms with Crippen molar-refractivity contribution in [2.24, 2.45) is 0 Å². The minimum absolute atomic E-state index is 0.955. The first kappa shape index (κ1) is 13.2. The number of hydrogen-bond donors (Lipinski definition) is 1. The van der Waals surface area contributed by atoms with Gasteiger partial charge in [0.25, 0.3) is 0 Å². The van der Waals surface area contributed by atoms with Crippen molar-refractivity contribution in [1.82, 2.24) is 15.5 Å². The molecule has 0 aliphatic rings. The first-order chi connectivity index (χ1) is 8.70. The molecule has 2 aromatic rings. The second-order valence-corrected chi connectivity index (χ2v) is 5.48. The van der Waals surface area contributed by atoms with Crippen molar-refractivity contribution in [2.45, 2.75) is 27.2 Å². The second kappa shape index (κ2) is 6.07. The number of hydrogen-bond acceptors (Lipinski definition) is 4. The molecule has 3 nitrogen and oxygen atoms in total. The zero-order chi connectivity index (χ0) is 13.0. The van der Waals surface area contributed by atoms with Gasteiger partial charge >= 0.3 is 0 Å². The molecule has 0 aliphatic heterocycles. The van der Waals surface area contributed by atoms with Gasteiger partial charge in [-0.05, 0) is 32.0 Å². The minimum Gasteiger partial charge on any atom is -0.317 e. The molecule has 1 aromatic heterocycles. The minimum atomic E-state index is 0.955. The van der Waals surface area contributed by atoms with E-state index in [1.807, 2.05) is 0 Å². The summed E-state index contributed by atoms with van der Waals surface area (Å²) in [5, 5.41) is 14.0. The molecule has 0 atom stereocenters. The number of aryl methyl sites for hydroxylation is 2. The number of likely N-dealkylation sites (N-methyl/N-ethyl adjacent to an activating group) is 1. The van der Waals surface area contributed by atoms with Crippen LogP contribution in [0.1, 0.15) is 23.1 Å². The van der Waals surface area contributed by atoms with Crippen molar-refractivity contribution < 1.29 is 0 Å². The molecule has 4 heteroatoms. The van der Waals surface area contributed by atoms with Crippen molar-refractivity contribution in [2.75, 3.05) is 13.1 Å². The third-order valence-corrected chi connectivity index (χ3v) is 3.87. The molecule has 0 unspecified atom stereocenters. The number of nitrogens with one attached hydrogen (secondary N) is 1. The van der Waals surface area contributed by atoms with Crippen LogP contribution in [0.15, 0.2) is 18.2 Å². The zero-order valence-electron chi connectivity index (χ0n) is 11.2. The molecule has 1 N–H and O–H groups in total. The summed E-state index contributed by atoms with van der Waals surface area (Å²) >= 11 is 1.70. The fourth-order valence-electron chi connectivity index (χ4n) is 1.80. The van der Waals surface area contributed by atoms with E-state index in [1.165, 1.54) is 16.7 Å². The van der Waals surface area contributed by atoms with Gasteiger partial charge < -0.3 is 5.32 Å². The number of aromatic nitrogens is 2. The van der Waals surface area contributed by atoms with Gasteiger partial charge in [-0.3, -0.25) is 0 Å². The third-order valence-electron chi connectivity index (χ3n) is 2.86. The molecule has 1 heterocycles. The molecular formula is C14H19N3S. The Morgan fingerprint density at radius 2 is 2.06 bits per heavy atom. The van der Waals surface area contributed by atoms with Gasteiger partial charge in [-0.1, -0.05) is 36.0 Å². The van der Waals surface area contributed by atoms with Crippen LogP contribution in [-0.2, 0) is 6.42 Å². The lowest BCUT2D eigenvalue weighted by Crippen LogP contribution is -2.15. The SMILES string of the molecule is CCNCCc1nnc(-c2cc(C)ccc2C)s1. The first-order valence-corrected chi connectivity index (χ1v) is 7.13. The Morgan fingerprint density at radius 3 is 2.83 bits per heavy atom. The van der Waals surface area contributed by atoms with E-state index in [4.69, 9.17) is 0 Å². The molecule has 0 amide bonds. The second-order valence-electron chi connectivity index (χ2n) is 4.42. The van der Waals surface area contributed by atoms with Gasteiger partial charge in [-0.15, -0.1) is 10.2 Å². The maximum atomic E-state index is 4.31. The highest BCUT2D eigenvalue weighted by Crippen LogP contribution is 2.27. The molecule has 2 rings (SSSR count). The summed E-state index contributed by atoms with van der Waals surface area (Å²) in [5.74, 6) is 0. The Morgan fingerprint density at radius 1 is 1.22 bits per heavy atom. The van der Waals surface area contributed by atoms with Crippen LogP contribution in [0, 0.1) is 13.8 Å². The van der Waals surface area contributed by atoms with E-state index < -0.39 is 0 Å². The maximum Gasteiger partial charge on any atom is 0.148 e. The van der Waals surface area contributed by atoms with Crippen LogP contribution in [0.4, 0.5) is 0 Å². The lowest BCUT2D eigenvalue weighted by Gasteiger charge is -2.02. The number of rotatable bonds is 5. The monoisotopic (exact) mass is 261 g/mol. The lowest BCUT2D eigenvalue weighted by molar-refractivity contribution is 0.710. The van der Waals surface area contributed by atoms with Crippen molar-refractivity contribution >= 4 is 11.3 Å². The number of benzene rings is 1. The summed E-state index contributed by atoms with van der Waals surface area (Å²) in [6, 6.07) is 6.46. The standard InChI is InChI=1S/C14H19N3S/c1-4-15-8-7-13-16-17-14(18-13)12-9-10(2)5-6-11(12)3/h5-6,9,15H,4,7-8H2,1-3H3. The van der Waals surface area contributed by atoms with Gasteiger partial charge in [0, 0.05) is 18.5 Å². The molecule has 0 aliphatic carbocycles. The van der Waals surface area contributed by atoms with E-state index in [1.54, 1.807) is 11.3 Å². The Hall–Kier alpha value is -1.26. The van der Waals surface area contributed by atoms with Gasteiger partial charge in [-0.25, -0.2) is 0 Å². The Balaban J connectivity index is 2.16. The van der Waals surface area contributed by atoms with E-state index in [0.29, 0.717) is 0 Å². The fraction of sp³-hybridized carbons (Fsp3) is 0.429. The molecule has 18 heavy (non-hydrogen) atoms. The first-order valence-electron chi connectivity index (χ1n) is 6.31. The van der Waals surface area contributed by atoms with Crippen molar-refractivity contribution in [3.05, 3.63) is 34.3 Å². The summed E-state index contributed by atoms with van der Waals surface area (Å²) in [6.45, 7) is 8.31. The predicted molar refractivity (Wildman–Crippen MR) is 77.1 cm³/mol. The van der Waals surface area contributed by atoms with Crippen LogP contribution in [0.25, 0.3) is 10.6 Å². The van der Waals surface area contributed by atoms with Crippen LogP contribution in [0.5, 0.6) is 0 Å². The van der Waals surface area contributed by atoms with Crippen LogP contribution < -0.4 is 5.32 Å². The van der Waals surface area contributed by atoms with Gasteiger partial charge in [0.2, 0.25) is 0 Å².